The lowest BCUT2D eigenvalue weighted by atomic mass is 10.00. The smallest absolute Gasteiger partial charge is 0.0235 e. The number of hydrogen-bond acceptors (Lipinski definition) is 2. The summed E-state index contributed by atoms with van der Waals surface area (Å²) in [5.74, 6) is 0. The second-order valence-corrected chi connectivity index (χ2v) is 4.54. The van der Waals surface area contributed by atoms with Crippen LogP contribution < -0.4 is 5.32 Å². The van der Waals surface area contributed by atoms with Crippen molar-refractivity contribution >= 4 is 0 Å². The molecule has 0 amide bonds. The molecule has 1 aliphatic rings. The minimum absolute atomic E-state index is 0.616. The van der Waals surface area contributed by atoms with Gasteiger partial charge in [-0.05, 0) is 31.5 Å². The molecule has 2 heteroatoms. The molecule has 1 aliphatic heterocycles. The van der Waals surface area contributed by atoms with Gasteiger partial charge in [0.1, 0.15) is 0 Å². The first-order valence-corrected chi connectivity index (χ1v) is 5.72. The van der Waals surface area contributed by atoms with E-state index in [1.54, 1.807) is 0 Å². The van der Waals surface area contributed by atoms with Crippen LogP contribution in [0, 0.1) is 6.92 Å². The minimum atomic E-state index is 0.616. The topological polar surface area (TPSA) is 15.3 Å². The first-order chi connectivity index (χ1) is 7.25. The van der Waals surface area contributed by atoms with E-state index in [1.807, 2.05) is 0 Å². The molecule has 82 valence electrons. The van der Waals surface area contributed by atoms with Gasteiger partial charge >= 0.3 is 0 Å². The number of rotatable bonds is 2. The maximum Gasteiger partial charge on any atom is 0.0235 e. The van der Waals surface area contributed by atoms with Crippen LogP contribution in [0.5, 0.6) is 0 Å². The third-order valence-electron chi connectivity index (χ3n) is 3.19. The molecule has 0 spiro atoms. The molecule has 1 fully saturated rings. The molecule has 1 atom stereocenters. The predicted octanol–water partition coefficient (Wildman–Crippen LogP) is 1.44. The number of benzene rings is 1. The summed E-state index contributed by atoms with van der Waals surface area (Å²) in [4.78, 5) is 2.40. The fraction of sp³-hybridized carbons (Fsp3) is 0.538. The number of hydrogen-bond donors (Lipinski definition) is 1. The van der Waals surface area contributed by atoms with Gasteiger partial charge < -0.3 is 10.2 Å². The fourth-order valence-corrected chi connectivity index (χ4v) is 2.23. The summed E-state index contributed by atoms with van der Waals surface area (Å²) in [6.45, 7) is 5.65. The van der Waals surface area contributed by atoms with Crippen molar-refractivity contribution < 1.29 is 0 Å². The van der Waals surface area contributed by atoms with Crippen molar-refractivity contribution in [3.05, 3.63) is 35.4 Å². The van der Waals surface area contributed by atoms with E-state index in [0.29, 0.717) is 6.04 Å². The summed E-state index contributed by atoms with van der Waals surface area (Å²) in [7, 11) is 2.20. The molecule has 0 aliphatic carbocycles. The largest absolute Gasteiger partial charge is 0.311 e. The molecule has 15 heavy (non-hydrogen) atoms. The third kappa shape index (κ3) is 2.80. The molecule has 0 aromatic heterocycles. The molecule has 1 saturated heterocycles. The summed E-state index contributed by atoms with van der Waals surface area (Å²) in [6, 6.07) is 9.30. The van der Waals surface area contributed by atoms with Crippen LogP contribution >= 0.6 is 0 Å². The standard InChI is InChI=1S/C13H20N2/c1-11-5-3-4-6-12(11)9-13-10-15(2)8-7-14-13/h3-6,13-14H,7-10H2,1-2H3. The first kappa shape index (κ1) is 10.7. The lowest BCUT2D eigenvalue weighted by Crippen LogP contribution is -2.49. The van der Waals surface area contributed by atoms with E-state index in [4.69, 9.17) is 0 Å². The molecule has 0 radical (unpaired) electrons. The summed E-state index contributed by atoms with van der Waals surface area (Å²) in [6.07, 6.45) is 1.15. The van der Waals surface area contributed by atoms with Crippen LogP contribution in [0.3, 0.4) is 0 Å². The first-order valence-electron chi connectivity index (χ1n) is 5.72. The number of nitrogens with one attached hydrogen (secondary N) is 1. The van der Waals surface area contributed by atoms with E-state index in [9.17, 15) is 0 Å². The number of likely N-dealkylation sites (N-methyl/N-ethyl adjacent to an activating group) is 1. The summed E-state index contributed by atoms with van der Waals surface area (Å²) < 4.78 is 0. The van der Waals surface area contributed by atoms with Gasteiger partial charge in [-0.15, -0.1) is 0 Å². The zero-order chi connectivity index (χ0) is 10.7. The van der Waals surface area contributed by atoms with Gasteiger partial charge in [0.25, 0.3) is 0 Å². The van der Waals surface area contributed by atoms with Crippen LogP contribution in [0.4, 0.5) is 0 Å². The molecule has 2 nitrogen and oxygen atoms in total. The Hall–Kier alpha value is -0.860. The van der Waals surface area contributed by atoms with Crippen molar-refractivity contribution in [3.8, 4) is 0 Å². The van der Waals surface area contributed by atoms with Crippen LogP contribution in [-0.4, -0.2) is 37.6 Å². The quantitative estimate of drug-likeness (QED) is 0.784. The van der Waals surface area contributed by atoms with E-state index in [2.05, 4.69) is 48.5 Å². The van der Waals surface area contributed by atoms with Crippen molar-refractivity contribution in [1.29, 1.82) is 0 Å². The molecule has 1 unspecified atom stereocenters. The summed E-state index contributed by atoms with van der Waals surface area (Å²) in [5.41, 5.74) is 2.89. The second kappa shape index (κ2) is 4.77. The van der Waals surface area contributed by atoms with Crippen molar-refractivity contribution in [2.45, 2.75) is 19.4 Å². The Kier molecular flexibility index (Phi) is 3.39. The number of piperazine rings is 1. The lowest BCUT2D eigenvalue weighted by molar-refractivity contribution is 0.238. The highest BCUT2D eigenvalue weighted by Crippen LogP contribution is 2.11. The molecule has 1 aromatic carbocycles. The maximum atomic E-state index is 3.58. The van der Waals surface area contributed by atoms with Gasteiger partial charge in [0.15, 0.2) is 0 Å². The molecule has 0 saturated carbocycles. The molecule has 2 rings (SSSR count). The van der Waals surface area contributed by atoms with Gasteiger partial charge in [-0.3, -0.25) is 0 Å². The molecule has 1 N–H and O–H groups in total. The van der Waals surface area contributed by atoms with Gasteiger partial charge in [0, 0.05) is 25.7 Å². The summed E-state index contributed by atoms with van der Waals surface area (Å²) in [5, 5.41) is 3.58. The van der Waals surface area contributed by atoms with Crippen LogP contribution in [0.25, 0.3) is 0 Å². The van der Waals surface area contributed by atoms with Crippen LogP contribution in [0.2, 0.25) is 0 Å². The van der Waals surface area contributed by atoms with Gasteiger partial charge in [0.2, 0.25) is 0 Å². The zero-order valence-electron chi connectivity index (χ0n) is 9.66. The van der Waals surface area contributed by atoms with Crippen molar-refractivity contribution in [2.24, 2.45) is 0 Å². The fourth-order valence-electron chi connectivity index (χ4n) is 2.23. The highest BCUT2D eigenvalue weighted by molar-refractivity contribution is 5.26. The highest BCUT2D eigenvalue weighted by atomic mass is 15.2. The molecular formula is C13H20N2. The Balaban J connectivity index is 1.99. The van der Waals surface area contributed by atoms with E-state index in [1.165, 1.54) is 17.7 Å². The Morgan fingerprint density at radius 1 is 1.40 bits per heavy atom. The SMILES string of the molecule is Cc1ccccc1CC1CN(C)CCN1. The molecule has 1 heterocycles. The molecule has 0 bridgehead atoms. The second-order valence-electron chi connectivity index (χ2n) is 4.54. The number of aryl methyl sites for hydroxylation is 1. The molecular weight excluding hydrogens is 184 g/mol. The van der Waals surface area contributed by atoms with Gasteiger partial charge in [-0.2, -0.15) is 0 Å². The lowest BCUT2D eigenvalue weighted by Gasteiger charge is -2.31. The predicted molar refractivity (Wildman–Crippen MR) is 64.2 cm³/mol. The Bertz CT molecular complexity index is 322. The Labute approximate surface area is 92.3 Å². The number of nitrogens with zero attached hydrogens (tertiary/aromatic N) is 1. The highest BCUT2D eigenvalue weighted by Gasteiger charge is 2.16. The van der Waals surface area contributed by atoms with Crippen LogP contribution in [0.1, 0.15) is 11.1 Å². The van der Waals surface area contributed by atoms with Crippen LogP contribution in [-0.2, 0) is 6.42 Å². The third-order valence-corrected chi connectivity index (χ3v) is 3.19. The monoisotopic (exact) mass is 204 g/mol. The van der Waals surface area contributed by atoms with E-state index in [0.717, 1.165) is 19.5 Å². The van der Waals surface area contributed by atoms with E-state index < -0.39 is 0 Å². The summed E-state index contributed by atoms with van der Waals surface area (Å²) >= 11 is 0. The van der Waals surface area contributed by atoms with Crippen molar-refractivity contribution in [3.63, 3.8) is 0 Å². The maximum absolute atomic E-state index is 3.58. The normalized spacial score (nSPS) is 22.9. The van der Waals surface area contributed by atoms with Crippen molar-refractivity contribution in [1.82, 2.24) is 10.2 Å². The van der Waals surface area contributed by atoms with Gasteiger partial charge in [-0.1, -0.05) is 24.3 Å². The van der Waals surface area contributed by atoms with E-state index >= 15 is 0 Å². The average molecular weight is 204 g/mol. The van der Waals surface area contributed by atoms with Crippen LogP contribution in [0.15, 0.2) is 24.3 Å². The van der Waals surface area contributed by atoms with E-state index in [-0.39, 0.29) is 0 Å². The van der Waals surface area contributed by atoms with Gasteiger partial charge in [-0.25, -0.2) is 0 Å². The Morgan fingerprint density at radius 3 is 2.93 bits per heavy atom. The minimum Gasteiger partial charge on any atom is -0.311 e. The van der Waals surface area contributed by atoms with Crippen molar-refractivity contribution in [2.75, 3.05) is 26.7 Å². The zero-order valence-corrected chi connectivity index (χ0v) is 9.66. The molecule has 1 aromatic rings. The average Bonchev–Trinajstić information content (AvgIpc) is 2.22. The van der Waals surface area contributed by atoms with Gasteiger partial charge in [0.05, 0.1) is 0 Å². The Morgan fingerprint density at radius 2 is 2.20 bits per heavy atom.